The van der Waals surface area contributed by atoms with E-state index in [1.807, 2.05) is 36.7 Å². The molecule has 0 aliphatic carbocycles. The van der Waals surface area contributed by atoms with E-state index in [4.69, 9.17) is 9.47 Å². The lowest BCUT2D eigenvalue weighted by atomic mass is 9.97. The van der Waals surface area contributed by atoms with E-state index in [0.717, 1.165) is 23.6 Å². The summed E-state index contributed by atoms with van der Waals surface area (Å²) in [7, 11) is 3.29. The second kappa shape index (κ2) is 9.69. The molecule has 0 aliphatic rings. The summed E-state index contributed by atoms with van der Waals surface area (Å²) in [5, 5.41) is 3.09. The molecule has 1 heterocycles. The number of hydrogen-bond acceptors (Lipinski definition) is 4. The molecule has 0 saturated heterocycles. The summed E-state index contributed by atoms with van der Waals surface area (Å²) in [4.78, 5) is 17.1. The van der Waals surface area contributed by atoms with Gasteiger partial charge >= 0.3 is 0 Å². The van der Waals surface area contributed by atoms with Crippen LogP contribution in [0.4, 0.5) is 0 Å². The Hall–Kier alpha value is -3.28. The average Bonchev–Trinajstić information content (AvgIpc) is 3.19. The normalized spacial score (nSPS) is 12.0. The molecule has 3 aromatic rings. The predicted molar refractivity (Wildman–Crippen MR) is 123 cm³/mol. The lowest BCUT2D eigenvalue weighted by molar-refractivity contribution is 0.0939. The molecule has 164 valence electrons. The van der Waals surface area contributed by atoms with Gasteiger partial charge in [-0.15, -0.1) is 0 Å². The van der Waals surface area contributed by atoms with Gasteiger partial charge in [-0.25, -0.2) is 4.98 Å². The third-order valence-corrected chi connectivity index (χ3v) is 5.27. The first kappa shape index (κ1) is 22.4. The summed E-state index contributed by atoms with van der Waals surface area (Å²) >= 11 is 0. The Bertz CT molecular complexity index is 1060. The Morgan fingerprint density at radius 3 is 2.42 bits per heavy atom. The minimum absolute atomic E-state index is 0.0251. The van der Waals surface area contributed by atoms with Crippen LogP contribution >= 0.6 is 0 Å². The molecule has 0 bridgehead atoms. The molecule has 2 aromatic carbocycles. The van der Waals surface area contributed by atoms with Gasteiger partial charge in [-0.2, -0.15) is 0 Å². The van der Waals surface area contributed by atoms with Crippen molar-refractivity contribution in [3.05, 3.63) is 71.3 Å². The van der Waals surface area contributed by atoms with Crippen LogP contribution in [0.3, 0.4) is 0 Å². The molecule has 0 fully saturated rings. The van der Waals surface area contributed by atoms with Gasteiger partial charge in [0, 0.05) is 17.8 Å². The van der Waals surface area contributed by atoms with Gasteiger partial charge in [0.05, 0.1) is 31.9 Å². The van der Waals surface area contributed by atoms with Crippen molar-refractivity contribution in [1.82, 2.24) is 14.9 Å². The van der Waals surface area contributed by atoms with Gasteiger partial charge in [0.1, 0.15) is 11.5 Å². The van der Waals surface area contributed by atoms with Crippen LogP contribution in [0.5, 0.6) is 11.5 Å². The van der Waals surface area contributed by atoms with Crippen molar-refractivity contribution >= 4 is 5.91 Å². The number of carbonyl (C=O) groups excluding carboxylic acids is 1. The van der Waals surface area contributed by atoms with Crippen molar-refractivity contribution < 1.29 is 14.3 Å². The molecule has 0 spiro atoms. The molecule has 31 heavy (non-hydrogen) atoms. The van der Waals surface area contributed by atoms with E-state index in [2.05, 4.69) is 36.3 Å². The minimum Gasteiger partial charge on any atom is -0.496 e. The van der Waals surface area contributed by atoms with Gasteiger partial charge in [-0.05, 0) is 61.6 Å². The highest BCUT2D eigenvalue weighted by Gasteiger charge is 2.15. The lowest BCUT2D eigenvalue weighted by Gasteiger charge is -2.18. The summed E-state index contributed by atoms with van der Waals surface area (Å²) in [6.45, 7) is 8.24. The minimum atomic E-state index is -0.128. The van der Waals surface area contributed by atoms with E-state index in [1.54, 1.807) is 32.7 Å². The standard InChI is InChI=1S/C25H31N3O3/c1-16(2)21-12-19(7-10-23(21)30-5)11-17(3)27-25(29)20-8-9-22(24(13-20)31-6)28-14-18(4)26-15-28/h7-10,12-17H,11H2,1-6H3,(H,27,29). The van der Waals surface area contributed by atoms with Crippen LogP contribution in [0.25, 0.3) is 5.69 Å². The fourth-order valence-electron chi connectivity index (χ4n) is 3.66. The van der Waals surface area contributed by atoms with Crippen molar-refractivity contribution in [2.24, 2.45) is 0 Å². The summed E-state index contributed by atoms with van der Waals surface area (Å²) in [6, 6.07) is 11.6. The van der Waals surface area contributed by atoms with E-state index in [0.29, 0.717) is 17.2 Å². The fourth-order valence-corrected chi connectivity index (χ4v) is 3.66. The molecule has 0 aliphatic heterocycles. The second-order valence-corrected chi connectivity index (χ2v) is 8.12. The number of amides is 1. The Balaban J connectivity index is 1.72. The molecule has 3 rings (SSSR count). The SMILES string of the molecule is COc1ccc(CC(C)NC(=O)c2ccc(-n3cnc(C)c3)c(OC)c2)cc1C(C)C. The average molecular weight is 422 g/mol. The van der Waals surface area contributed by atoms with Crippen molar-refractivity contribution in [2.45, 2.75) is 46.1 Å². The Labute approximate surface area is 184 Å². The topological polar surface area (TPSA) is 65.4 Å². The molecular weight excluding hydrogens is 390 g/mol. The van der Waals surface area contributed by atoms with Crippen molar-refractivity contribution in [2.75, 3.05) is 14.2 Å². The van der Waals surface area contributed by atoms with Crippen LogP contribution in [0.15, 0.2) is 48.9 Å². The zero-order chi connectivity index (χ0) is 22.5. The van der Waals surface area contributed by atoms with Gasteiger partial charge in [0.2, 0.25) is 0 Å². The van der Waals surface area contributed by atoms with E-state index in [1.165, 1.54) is 11.1 Å². The van der Waals surface area contributed by atoms with Crippen LogP contribution in [-0.2, 0) is 6.42 Å². The zero-order valence-electron chi connectivity index (χ0n) is 19.1. The first-order valence-electron chi connectivity index (χ1n) is 10.5. The van der Waals surface area contributed by atoms with Crippen molar-refractivity contribution in [1.29, 1.82) is 0 Å². The number of nitrogens with one attached hydrogen (secondary N) is 1. The third-order valence-electron chi connectivity index (χ3n) is 5.27. The number of hydrogen-bond donors (Lipinski definition) is 1. The molecule has 0 radical (unpaired) electrons. The first-order valence-corrected chi connectivity index (χ1v) is 10.5. The molecule has 1 aromatic heterocycles. The van der Waals surface area contributed by atoms with E-state index >= 15 is 0 Å². The third kappa shape index (κ3) is 5.26. The van der Waals surface area contributed by atoms with Crippen LogP contribution in [0.1, 0.15) is 53.9 Å². The zero-order valence-corrected chi connectivity index (χ0v) is 19.1. The Morgan fingerprint density at radius 2 is 1.81 bits per heavy atom. The number of rotatable bonds is 8. The summed E-state index contributed by atoms with van der Waals surface area (Å²) in [5.74, 6) is 1.76. The number of ether oxygens (including phenoxy) is 2. The Morgan fingerprint density at radius 1 is 1.06 bits per heavy atom. The maximum Gasteiger partial charge on any atom is 0.251 e. The van der Waals surface area contributed by atoms with Gasteiger partial charge in [-0.1, -0.05) is 26.0 Å². The molecule has 1 N–H and O–H groups in total. The highest BCUT2D eigenvalue weighted by molar-refractivity contribution is 5.95. The molecule has 0 saturated carbocycles. The molecule has 1 unspecified atom stereocenters. The smallest absolute Gasteiger partial charge is 0.251 e. The van der Waals surface area contributed by atoms with E-state index < -0.39 is 0 Å². The van der Waals surface area contributed by atoms with Crippen LogP contribution in [-0.4, -0.2) is 35.7 Å². The maximum absolute atomic E-state index is 12.8. The monoisotopic (exact) mass is 421 g/mol. The van der Waals surface area contributed by atoms with Crippen LogP contribution in [0, 0.1) is 6.92 Å². The second-order valence-electron chi connectivity index (χ2n) is 8.12. The van der Waals surface area contributed by atoms with Crippen molar-refractivity contribution in [3.8, 4) is 17.2 Å². The largest absolute Gasteiger partial charge is 0.496 e. The first-order chi connectivity index (χ1) is 14.8. The number of carbonyl (C=O) groups is 1. The van der Waals surface area contributed by atoms with Crippen molar-refractivity contribution in [3.63, 3.8) is 0 Å². The number of benzene rings is 2. The Kier molecular flexibility index (Phi) is 7.00. The van der Waals surface area contributed by atoms with Gasteiger partial charge < -0.3 is 19.4 Å². The number of nitrogens with zero attached hydrogens (tertiary/aromatic N) is 2. The summed E-state index contributed by atoms with van der Waals surface area (Å²) in [5.41, 5.74) is 4.65. The van der Waals surface area contributed by atoms with E-state index in [9.17, 15) is 4.79 Å². The summed E-state index contributed by atoms with van der Waals surface area (Å²) in [6.07, 6.45) is 4.38. The maximum atomic E-state index is 12.8. The predicted octanol–water partition coefficient (Wildman–Crippen LogP) is 4.68. The molecule has 1 amide bonds. The van der Waals surface area contributed by atoms with E-state index in [-0.39, 0.29) is 11.9 Å². The summed E-state index contributed by atoms with van der Waals surface area (Å²) < 4.78 is 12.9. The highest BCUT2D eigenvalue weighted by atomic mass is 16.5. The number of aryl methyl sites for hydroxylation is 1. The number of aromatic nitrogens is 2. The van der Waals surface area contributed by atoms with Crippen LogP contribution in [0.2, 0.25) is 0 Å². The molecule has 1 atom stereocenters. The van der Waals surface area contributed by atoms with Gasteiger partial charge in [0.25, 0.3) is 5.91 Å². The lowest BCUT2D eigenvalue weighted by Crippen LogP contribution is -2.34. The number of methoxy groups -OCH3 is 2. The molecular formula is C25H31N3O3. The van der Waals surface area contributed by atoms with Gasteiger partial charge in [-0.3, -0.25) is 4.79 Å². The molecule has 6 nitrogen and oxygen atoms in total. The fraction of sp³-hybridized carbons (Fsp3) is 0.360. The highest BCUT2D eigenvalue weighted by Crippen LogP contribution is 2.28. The molecule has 6 heteroatoms. The quantitative estimate of drug-likeness (QED) is 0.573. The van der Waals surface area contributed by atoms with Crippen LogP contribution < -0.4 is 14.8 Å². The number of imidazole rings is 1. The van der Waals surface area contributed by atoms with Gasteiger partial charge in [0.15, 0.2) is 0 Å².